The standard InChI is InChI=1S/C15H21Cl2N/c1-4-7-18-9-11(2)15(3,10-18)12-5-6-13(16)14(17)8-12/h5-6,8,11H,4,7,9-10H2,1-3H3. The molecule has 0 N–H and O–H groups in total. The quantitative estimate of drug-likeness (QED) is 0.784. The predicted molar refractivity (Wildman–Crippen MR) is 79.7 cm³/mol. The summed E-state index contributed by atoms with van der Waals surface area (Å²) < 4.78 is 0. The molecule has 1 nitrogen and oxygen atoms in total. The molecule has 1 fully saturated rings. The van der Waals surface area contributed by atoms with Crippen molar-refractivity contribution in [1.82, 2.24) is 4.90 Å². The van der Waals surface area contributed by atoms with Crippen molar-refractivity contribution in [3.63, 3.8) is 0 Å². The van der Waals surface area contributed by atoms with Crippen molar-refractivity contribution in [2.45, 2.75) is 32.6 Å². The van der Waals surface area contributed by atoms with Crippen LogP contribution in [0.5, 0.6) is 0 Å². The summed E-state index contributed by atoms with van der Waals surface area (Å²) in [6.07, 6.45) is 1.21. The highest BCUT2D eigenvalue weighted by Crippen LogP contribution is 2.40. The summed E-state index contributed by atoms with van der Waals surface area (Å²) in [5.41, 5.74) is 1.49. The minimum Gasteiger partial charge on any atom is -0.302 e. The molecule has 1 aliphatic rings. The zero-order chi connectivity index (χ0) is 13.3. The Labute approximate surface area is 120 Å². The molecule has 0 spiro atoms. The molecule has 3 heteroatoms. The van der Waals surface area contributed by atoms with Crippen molar-refractivity contribution in [3.05, 3.63) is 33.8 Å². The molecule has 0 aliphatic carbocycles. The number of hydrogen-bond acceptors (Lipinski definition) is 1. The Hall–Kier alpha value is -0.240. The molecule has 1 heterocycles. The van der Waals surface area contributed by atoms with E-state index in [-0.39, 0.29) is 5.41 Å². The van der Waals surface area contributed by atoms with Crippen molar-refractivity contribution in [2.24, 2.45) is 5.92 Å². The summed E-state index contributed by atoms with van der Waals surface area (Å²) in [5.74, 6) is 0.640. The molecule has 100 valence electrons. The van der Waals surface area contributed by atoms with E-state index in [1.165, 1.54) is 25.1 Å². The molecule has 0 bridgehead atoms. The molecule has 2 unspecified atom stereocenters. The molecule has 1 saturated heterocycles. The summed E-state index contributed by atoms with van der Waals surface area (Å²) in [6.45, 7) is 10.4. The lowest BCUT2D eigenvalue weighted by atomic mass is 9.75. The second-order valence-electron chi connectivity index (χ2n) is 5.68. The van der Waals surface area contributed by atoms with Crippen LogP contribution in [0.3, 0.4) is 0 Å². The zero-order valence-electron chi connectivity index (χ0n) is 11.3. The number of hydrogen-bond donors (Lipinski definition) is 0. The molecular formula is C15H21Cl2N. The lowest BCUT2D eigenvalue weighted by molar-refractivity contribution is 0.317. The second kappa shape index (κ2) is 5.40. The summed E-state index contributed by atoms with van der Waals surface area (Å²) >= 11 is 12.2. The van der Waals surface area contributed by atoms with Crippen LogP contribution in [0.15, 0.2) is 18.2 Å². The Balaban J connectivity index is 2.27. The number of nitrogens with zero attached hydrogens (tertiary/aromatic N) is 1. The second-order valence-corrected chi connectivity index (χ2v) is 6.50. The lowest BCUT2D eigenvalue weighted by Crippen LogP contribution is -2.31. The van der Waals surface area contributed by atoms with E-state index in [1.807, 2.05) is 12.1 Å². The SMILES string of the molecule is CCCN1CC(C)C(C)(c2ccc(Cl)c(Cl)c2)C1. The average molecular weight is 286 g/mol. The van der Waals surface area contributed by atoms with E-state index in [9.17, 15) is 0 Å². The van der Waals surface area contributed by atoms with Gasteiger partial charge in [-0.1, -0.05) is 50.0 Å². The van der Waals surface area contributed by atoms with Crippen molar-refractivity contribution in [1.29, 1.82) is 0 Å². The van der Waals surface area contributed by atoms with Gasteiger partial charge >= 0.3 is 0 Å². The summed E-state index contributed by atoms with van der Waals surface area (Å²) in [7, 11) is 0. The van der Waals surface area contributed by atoms with Crippen molar-refractivity contribution in [2.75, 3.05) is 19.6 Å². The Morgan fingerprint density at radius 2 is 2.06 bits per heavy atom. The highest BCUT2D eigenvalue weighted by molar-refractivity contribution is 6.42. The zero-order valence-corrected chi connectivity index (χ0v) is 12.9. The van der Waals surface area contributed by atoms with E-state index in [2.05, 4.69) is 31.7 Å². The maximum Gasteiger partial charge on any atom is 0.0595 e. The van der Waals surface area contributed by atoms with Gasteiger partial charge in [-0.3, -0.25) is 0 Å². The van der Waals surface area contributed by atoms with E-state index in [4.69, 9.17) is 23.2 Å². The van der Waals surface area contributed by atoms with Gasteiger partial charge in [-0.2, -0.15) is 0 Å². The van der Waals surface area contributed by atoms with Crippen LogP contribution in [0.25, 0.3) is 0 Å². The van der Waals surface area contributed by atoms with Crippen LogP contribution in [0.2, 0.25) is 10.0 Å². The maximum atomic E-state index is 6.15. The van der Waals surface area contributed by atoms with Crippen LogP contribution >= 0.6 is 23.2 Å². The van der Waals surface area contributed by atoms with Gasteiger partial charge in [-0.25, -0.2) is 0 Å². The smallest absolute Gasteiger partial charge is 0.0595 e. The summed E-state index contributed by atoms with van der Waals surface area (Å²) in [4.78, 5) is 2.55. The van der Waals surface area contributed by atoms with Crippen molar-refractivity contribution >= 4 is 23.2 Å². The monoisotopic (exact) mass is 285 g/mol. The summed E-state index contributed by atoms with van der Waals surface area (Å²) in [6, 6.07) is 6.08. The van der Waals surface area contributed by atoms with Gasteiger partial charge in [0.15, 0.2) is 0 Å². The first-order valence-corrected chi connectivity index (χ1v) is 7.41. The molecule has 1 aromatic rings. The summed E-state index contributed by atoms with van der Waals surface area (Å²) in [5, 5.41) is 1.30. The highest BCUT2D eigenvalue weighted by atomic mass is 35.5. The van der Waals surface area contributed by atoms with Crippen LogP contribution in [-0.4, -0.2) is 24.5 Å². The van der Waals surface area contributed by atoms with E-state index >= 15 is 0 Å². The van der Waals surface area contributed by atoms with E-state index in [0.29, 0.717) is 16.0 Å². The highest BCUT2D eigenvalue weighted by Gasteiger charge is 2.41. The Morgan fingerprint density at radius 3 is 2.67 bits per heavy atom. The molecular weight excluding hydrogens is 265 g/mol. The van der Waals surface area contributed by atoms with Crippen LogP contribution in [0, 0.1) is 5.92 Å². The van der Waals surface area contributed by atoms with Crippen LogP contribution in [-0.2, 0) is 5.41 Å². The molecule has 18 heavy (non-hydrogen) atoms. The molecule has 2 rings (SSSR count). The minimum absolute atomic E-state index is 0.184. The Bertz CT molecular complexity index is 433. The van der Waals surface area contributed by atoms with Crippen molar-refractivity contribution < 1.29 is 0 Å². The lowest BCUT2D eigenvalue weighted by Gasteiger charge is -2.29. The normalized spacial score (nSPS) is 28.8. The van der Waals surface area contributed by atoms with Crippen LogP contribution in [0.1, 0.15) is 32.8 Å². The van der Waals surface area contributed by atoms with Gasteiger partial charge in [0.25, 0.3) is 0 Å². The third kappa shape index (κ3) is 2.54. The fraction of sp³-hybridized carbons (Fsp3) is 0.600. The van der Waals surface area contributed by atoms with Gasteiger partial charge in [0.1, 0.15) is 0 Å². The van der Waals surface area contributed by atoms with Gasteiger partial charge < -0.3 is 4.90 Å². The van der Waals surface area contributed by atoms with E-state index < -0.39 is 0 Å². The first-order chi connectivity index (χ1) is 8.47. The third-order valence-electron chi connectivity index (χ3n) is 4.29. The maximum absolute atomic E-state index is 6.15. The van der Waals surface area contributed by atoms with Gasteiger partial charge in [-0.15, -0.1) is 0 Å². The number of rotatable bonds is 3. The Morgan fingerprint density at radius 1 is 1.33 bits per heavy atom. The fourth-order valence-corrected chi connectivity index (χ4v) is 3.29. The van der Waals surface area contributed by atoms with Gasteiger partial charge in [-0.05, 0) is 36.6 Å². The van der Waals surface area contributed by atoms with Gasteiger partial charge in [0, 0.05) is 18.5 Å². The molecule has 0 amide bonds. The Kier molecular flexibility index (Phi) is 4.25. The topological polar surface area (TPSA) is 3.24 Å². The third-order valence-corrected chi connectivity index (χ3v) is 5.03. The number of halogens is 2. The van der Waals surface area contributed by atoms with E-state index in [0.717, 1.165) is 6.54 Å². The fourth-order valence-electron chi connectivity index (χ4n) is 2.99. The van der Waals surface area contributed by atoms with Gasteiger partial charge in [0.05, 0.1) is 10.0 Å². The van der Waals surface area contributed by atoms with Gasteiger partial charge in [0.2, 0.25) is 0 Å². The first kappa shape index (κ1) is 14.2. The molecule has 0 aromatic heterocycles. The predicted octanol–water partition coefficient (Wildman–Crippen LogP) is 4.61. The van der Waals surface area contributed by atoms with Crippen LogP contribution < -0.4 is 0 Å². The number of benzene rings is 1. The molecule has 0 radical (unpaired) electrons. The van der Waals surface area contributed by atoms with Crippen molar-refractivity contribution in [3.8, 4) is 0 Å². The molecule has 1 aliphatic heterocycles. The molecule has 0 saturated carbocycles. The first-order valence-electron chi connectivity index (χ1n) is 6.65. The molecule has 2 atom stereocenters. The number of likely N-dealkylation sites (tertiary alicyclic amines) is 1. The largest absolute Gasteiger partial charge is 0.302 e. The average Bonchev–Trinajstić information content (AvgIpc) is 2.60. The van der Waals surface area contributed by atoms with Crippen LogP contribution in [0.4, 0.5) is 0 Å². The molecule has 1 aromatic carbocycles. The van der Waals surface area contributed by atoms with E-state index in [1.54, 1.807) is 0 Å². The minimum atomic E-state index is 0.184.